The van der Waals surface area contributed by atoms with Crippen molar-refractivity contribution in [3.05, 3.63) is 63.4 Å². The summed E-state index contributed by atoms with van der Waals surface area (Å²) in [6.07, 6.45) is 3.46. The molecule has 0 aliphatic heterocycles. The number of aromatic amines is 1. The summed E-state index contributed by atoms with van der Waals surface area (Å²) in [5, 5.41) is 9.89. The van der Waals surface area contributed by atoms with Crippen LogP contribution in [0.15, 0.2) is 52.3 Å². The number of rotatable bonds is 5. The van der Waals surface area contributed by atoms with Gasteiger partial charge >= 0.3 is 0 Å². The Balaban J connectivity index is 1.75. The number of aromatic nitrogens is 4. The molecule has 8 heteroatoms. The minimum absolute atomic E-state index is 0.166. The smallest absolute Gasteiger partial charge is 0.273 e. The van der Waals surface area contributed by atoms with Crippen LogP contribution in [0.1, 0.15) is 6.92 Å². The maximum atomic E-state index is 12.4. The summed E-state index contributed by atoms with van der Waals surface area (Å²) in [5.41, 5.74) is -0.803. The molecule has 0 saturated heterocycles. The summed E-state index contributed by atoms with van der Waals surface area (Å²) in [4.78, 5) is 36.5. The summed E-state index contributed by atoms with van der Waals surface area (Å²) < 4.78 is 2.73. The summed E-state index contributed by atoms with van der Waals surface area (Å²) in [5.74, 6) is -0.359. The molecule has 2 N–H and O–H groups in total. The second-order valence-corrected chi connectivity index (χ2v) is 5.57. The van der Waals surface area contributed by atoms with Crippen molar-refractivity contribution >= 4 is 16.7 Å². The lowest BCUT2D eigenvalue weighted by Crippen LogP contribution is -2.41. The molecule has 0 aliphatic carbocycles. The zero-order chi connectivity index (χ0) is 17.1. The maximum absolute atomic E-state index is 12.4. The lowest BCUT2D eigenvalue weighted by molar-refractivity contribution is -0.122. The number of amides is 1. The molecule has 0 radical (unpaired) electrons. The van der Waals surface area contributed by atoms with E-state index in [9.17, 15) is 14.4 Å². The van der Waals surface area contributed by atoms with Gasteiger partial charge in [-0.1, -0.05) is 12.1 Å². The number of nitrogens with zero attached hydrogens (tertiary/aromatic N) is 3. The van der Waals surface area contributed by atoms with Crippen LogP contribution < -0.4 is 16.4 Å². The highest BCUT2D eigenvalue weighted by molar-refractivity contribution is 5.81. The number of carbonyl (C=O) groups excluding carboxylic acids is 1. The predicted octanol–water partition coefficient (Wildman–Crippen LogP) is 0.0912. The molecule has 0 bridgehead atoms. The molecule has 0 aliphatic rings. The van der Waals surface area contributed by atoms with Crippen molar-refractivity contribution in [1.29, 1.82) is 0 Å². The van der Waals surface area contributed by atoms with Crippen molar-refractivity contribution in [2.45, 2.75) is 26.1 Å². The van der Waals surface area contributed by atoms with Crippen LogP contribution in [-0.2, 0) is 17.9 Å². The first-order valence-corrected chi connectivity index (χ1v) is 7.53. The first kappa shape index (κ1) is 15.7. The van der Waals surface area contributed by atoms with Gasteiger partial charge in [0.15, 0.2) is 0 Å². The molecule has 0 unspecified atom stereocenters. The number of fused-ring (bicyclic) bond motifs is 1. The average Bonchev–Trinajstić information content (AvgIpc) is 3.05. The Bertz CT molecular complexity index is 971. The second-order valence-electron chi connectivity index (χ2n) is 5.57. The molecular formula is C16H17N5O3. The molecule has 3 aromatic rings. The number of H-pyrrole nitrogens is 1. The third kappa shape index (κ3) is 3.27. The summed E-state index contributed by atoms with van der Waals surface area (Å²) in [6, 6.07) is 8.15. The monoisotopic (exact) mass is 327 g/mol. The molecular weight excluding hydrogens is 310 g/mol. The molecule has 1 aromatic carbocycles. The van der Waals surface area contributed by atoms with Gasteiger partial charge in [0.1, 0.15) is 6.54 Å². The normalized spacial score (nSPS) is 12.2. The molecule has 0 fully saturated rings. The summed E-state index contributed by atoms with van der Waals surface area (Å²) in [7, 11) is 0. The summed E-state index contributed by atoms with van der Waals surface area (Å²) in [6.45, 7) is 2.11. The van der Waals surface area contributed by atoms with Gasteiger partial charge < -0.3 is 5.32 Å². The molecule has 2 heterocycles. The van der Waals surface area contributed by atoms with Crippen molar-refractivity contribution in [1.82, 2.24) is 24.9 Å². The topological polar surface area (TPSA) is 102 Å². The first-order valence-electron chi connectivity index (χ1n) is 7.53. The van der Waals surface area contributed by atoms with Crippen LogP contribution in [0.3, 0.4) is 0 Å². The maximum Gasteiger partial charge on any atom is 0.273 e. The Kier molecular flexibility index (Phi) is 4.28. The van der Waals surface area contributed by atoms with Crippen molar-refractivity contribution in [2.75, 3.05) is 0 Å². The molecule has 124 valence electrons. The standard InChI is InChI=1S/C16H17N5O3/c1-11(9-20-8-4-7-17-20)18-14(22)10-21-16(24)13-6-3-2-5-12(13)15(23)19-21/h2-8,11H,9-10H2,1H3,(H,18,22)(H,19,23)/t11-/m0/s1. The first-order chi connectivity index (χ1) is 11.5. The molecule has 24 heavy (non-hydrogen) atoms. The number of hydrogen-bond donors (Lipinski definition) is 2. The van der Waals surface area contributed by atoms with Gasteiger partial charge in [-0.3, -0.25) is 24.2 Å². The average molecular weight is 327 g/mol. The molecule has 1 atom stereocenters. The van der Waals surface area contributed by atoms with E-state index in [-0.39, 0.29) is 18.5 Å². The van der Waals surface area contributed by atoms with E-state index in [1.807, 2.05) is 6.92 Å². The third-order valence-electron chi connectivity index (χ3n) is 3.61. The van der Waals surface area contributed by atoms with Gasteiger partial charge in [0.05, 0.1) is 17.3 Å². The van der Waals surface area contributed by atoms with E-state index in [0.717, 1.165) is 4.68 Å². The lowest BCUT2D eigenvalue weighted by Gasteiger charge is -2.14. The van der Waals surface area contributed by atoms with Gasteiger partial charge in [-0.15, -0.1) is 0 Å². The van der Waals surface area contributed by atoms with E-state index in [1.54, 1.807) is 47.4 Å². The Morgan fingerprint density at radius 1 is 1.25 bits per heavy atom. The Morgan fingerprint density at radius 2 is 2.00 bits per heavy atom. The van der Waals surface area contributed by atoms with Gasteiger partial charge in [0.25, 0.3) is 11.1 Å². The van der Waals surface area contributed by atoms with E-state index < -0.39 is 11.1 Å². The van der Waals surface area contributed by atoms with E-state index >= 15 is 0 Å². The van der Waals surface area contributed by atoms with E-state index in [0.29, 0.717) is 17.3 Å². The van der Waals surface area contributed by atoms with Crippen molar-refractivity contribution < 1.29 is 4.79 Å². The molecule has 3 rings (SSSR count). The molecule has 8 nitrogen and oxygen atoms in total. The lowest BCUT2D eigenvalue weighted by atomic mass is 10.2. The van der Waals surface area contributed by atoms with Crippen LogP contribution in [0.5, 0.6) is 0 Å². The fourth-order valence-electron chi connectivity index (χ4n) is 2.56. The van der Waals surface area contributed by atoms with Crippen LogP contribution in [0.4, 0.5) is 0 Å². The van der Waals surface area contributed by atoms with Crippen LogP contribution in [-0.4, -0.2) is 31.5 Å². The molecule has 1 amide bonds. The van der Waals surface area contributed by atoms with Crippen LogP contribution in [0, 0.1) is 0 Å². The van der Waals surface area contributed by atoms with E-state index in [2.05, 4.69) is 15.5 Å². The number of carbonyl (C=O) groups is 1. The van der Waals surface area contributed by atoms with Gasteiger partial charge in [0, 0.05) is 18.4 Å². The largest absolute Gasteiger partial charge is 0.350 e. The van der Waals surface area contributed by atoms with E-state index in [4.69, 9.17) is 0 Å². The predicted molar refractivity (Wildman–Crippen MR) is 88.7 cm³/mol. The zero-order valence-electron chi connectivity index (χ0n) is 13.1. The van der Waals surface area contributed by atoms with Gasteiger partial charge in [-0.05, 0) is 25.1 Å². The Morgan fingerprint density at radius 3 is 2.71 bits per heavy atom. The zero-order valence-corrected chi connectivity index (χ0v) is 13.1. The molecule has 0 spiro atoms. The van der Waals surface area contributed by atoms with Crippen LogP contribution in [0.25, 0.3) is 10.8 Å². The van der Waals surface area contributed by atoms with Gasteiger partial charge in [-0.2, -0.15) is 5.10 Å². The number of benzene rings is 1. The Labute approximate surface area is 136 Å². The fraction of sp³-hybridized carbons (Fsp3) is 0.250. The van der Waals surface area contributed by atoms with Crippen molar-refractivity contribution in [3.63, 3.8) is 0 Å². The fourth-order valence-corrected chi connectivity index (χ4v) is 2.56. The second kappa shape index (κ2) is 6.53. The minimum atomic E-state index is -0.403. The molecule has 0 saturated carbocycles. The van der Waals surface area contributed by atoms with Crippen LogP contribution >= 0.6 is 0 Å². The number of hydrogen-bond acceptors (Lipinski definition) is 4. The highest BCUT2D eigenvalue weighted by atomic mass is 16.2. The van der Waals surface area contributed by atoms with Crippen LogP contribution in [0.2, 0.25) is 0 Å². The SMILES string of the molecule is C[C@@H](Cn1cccn1)NC(=O)Cn1[nH]c(=O)c2ccccc2c1=O. The van der Waals surface area contributed by atoms with Crippen molar-refractivity contribution in [2.24, 2.45) is 0 Å². The Hall–Kier alpha value is -3.16. The minimum Gasteiger partial charge on any atom is -0.350 e. The third-order valence-corrected chi connectivity index (χ3v) is 3.61. The number of nitrogens with one attached hydrogen (secondary N) is 2. The quantitative estimate of drug-likeness (QED) is 0.693. The summed E-state index contributed by atoms with van der Waals surface area (Å²) >= 11 is 0. The highest BCUT2D eigenvalue weighted by Crippen LogP contribution is 2.02. The highest BCUT2D eigenvalue weighted by Gasteiger charge is 2.12. The van der Waals surface area contributed by atoms with E-state index in [1.165, 1.54) is 0 Å². The van der Waals surface area contributed by atoms with Gasteiger partial charge in [0.2, 0.25) is 5.91 Å². The van der Waals surface area contributed by atoms with Gasteiger partial charge in [-0.25, -0.2) is 4.68 Å². The van der Waals surface area contributed by atoms with Crippen molar-refractivity contribution in [3.8, 4) is 0 Å². The molecule has 2 aromatic heterocycles.